The molecule has 1 aromatic rings. The normalized spacial score (nSPS) is 15.9. The Labute approximate surface area is 124 Å². The second-order valence-corrected chi connectivity index (χ2v) is 5.81. The molecule has 0 spiro atoms. The minimum absolute atomic E-state index is 0.0808. The van der Waals surface area contributed by atoms with Crippen LogP contribution < -0.4 is 5.32 Å². The minimum Gasteiger partial charge on any atom is -0.325 e. The number of aryl methyl sites for hydroxylation is 2. The number of piperidine rings is 1. The van der Waals surface area contributed by atoms with Crippen LogP contribution in [0.15, 0.2) is 12.1 Å². The Bertz CT molecular complexity index is 564. The Morgan fingerprint density at radius 1 is 1.29 bits per heavy atom. The number of hydrogen-bond acceptors (Lipinski definition) is 3. The Hall–Kier alpha value is -2.11. The maximum Gasteiger partial charge on any atom is 0.321 e. The van der Waals surface area contributed by atoms with E-state index in [-0.39, 0.29) is 11.7 Å². The summed E-state index contributed by atoms with van der Waals surface area (Å²) in [5.41, 5.74) is 1.97. The third-order valence-corrected chi connectivity index (χ3v) is 4.05. The molecule has 1 aromatic carbocycles. The zero-order valence-corrected chi connectivity index (χ0v) is 12.7. The number of likely N-dealkylation sites (tertiary alicyclic amines) is 1. The monoisotopic (exact) mass is 291 g/mol. The Morgan fingerprint density at radius 3 is 2.48 bits per heavy atom. The molecule has 6 heteroatoms. The molecule has 1 fully saturated rings. The van der Waals surface area contributed by atoms with Crippen molar-refractivity contribution in [1.29, 1.82) is 0 Å². The molecule has 2 rings (SSSR count). The predicted molar refractivity (Wildman–Crippen MR) is 81.6 cm³/mol. The van der Waals surface area contributed by atoms with E-state index < -0.39 is 4.92 Å². The van der Waals surface area contributed by atoms with Gasteiger partial charge in [0.05, 0.1) is 4.92 Å². The number of nitro groups is 1. The van der Waals surface area contributed by atoms with Gasteiger partial charge in [0.1, 0.15) is 0 Å². The zero-order chi connectivity index (χ0) is 15.6. The molecule has 0 unspecified atom stereocenters. The summed E-state index contributed by atoms with van der Waals surface area (Å²) in [7, 11) is 0. The molecule has 0 saturated carbocycles. The van der Waals surface area contributed by atoms with Gasteiger partial charge in [-0.1, -0.05) is 6.92 Å². The standard InChI is InChI=1S/C15H21N3O3/c1-10-4-6-17(7-5-10)15(19)16-13-8-12(3)14(18(20)21)9-11(13)2/h8-10H,4-7H2,1-3H3,(H,16,19). The molecule has 1 aliphatic rings. The van der Waals surface area contributed by atoms with E-state index in [0.717, 1.165) is 25.9 Å². The van der Waals surface area contributed by atoms with Crippen LogP contribution in [0, 0.1) is 29.9 Å². The first kappa shape index (κ1) is 15.3. The van der Waals surface area contributed by atoms with Crippen molar-refractivity contribution < 1.29 is 9.72 Å². The van der Waals surface area contributed by atoms with Crippen LogP contribution in [0.1, 0.15) is 30.9 Å². The number of amides is 2. The van der Waals surface area contributed by atoms with Gasteiger partial charge in [0, 0.05) is 30.4 Å². The molecular formula is C15H21N3O3. The Morgan fingerprint density at radius 2 is 1.90 bits per heavy atom. The van der Waals surface area contributed by atoms with Gasteiger partial charge in [0.25, 0.3) is 5.69 Å². The van der Waals surface area contributed by atoms with Crippen molar-refractivity contribution in [3.05, 3.63) is 33.4 Å². The molecule has 2 amide bonds. The lowest BCUT2D eigenvalue weighted by atomic mass is 10.00. The number of hydrogen-bond donors (Lipinski definition) is 1. The highest BCUT2D eigenvalue weighted by atomic mass is 16.6. The maximum absolute atomic E-state index is 12.2. The van der Waals surface area contributed by atoms with Crippen molar-refractivity contribution in [2.75, 3.05) is 18.4 Å². The molecule has 1 N–H and O–H groups in total. The lowest BCUT2D eigenvalue weighted by Gasteiger charge is -2.30. The van der Waals surface area contributed by atoms with Gasteiger partial charge in [0.2, 0.25) is 0 Å². The van der Waals surface area contributed by atoms with E-state index >= 15 is 0 Å². The number of rotatable bonds is 2. The molecule has 114 valence electrons. The van der Waals surface area contributed by atoms with Gasteiger partial charge in [-0.05, 0) is 44.2 Å². The first-order valence-corrected chi connectivity index (χ1v) is 7.20. The number of benzene rings is 1. The van der Waals surface area contributed by atoms with Gasteiger partial charge in [-0.3, -0.25) is 10.1 Å². The number of carbonyl (C=O) groups is 1. The van der Waals surface area contributed by atoms with Crippen LogP contribution in [0.5, 0.6) is 0 Å². The van der Waals surface area contributed by atoms with Crippen LogP contribution in [-0.4, -0.2) is 28.9 Å². The van der Waals surface area contributed by atoms with E-state index in [1.165, 1.54) is 6.07 Å². The van der Waals surface area contributed by atoms with E-state index in [4.69, 9.17) is 0 Å². The van der Waals surface area contributed by atoms with E-state index in [2.05, 4.69) is 12.2 Å². The number of nitro benzene ring substituents is 1. The van der Waals surface area contributed by atoms with Crippen LogP contribution in [0.2, 0.25) is 0 Å². The van der Waals surface area contributed by atoms with E-state index in [9.17, 15) is 14.9 Å². The fourth-order valence-corrected chi connectivity index (χ4v) is 2.54. The van der Waals surface area contributed by atoms with Crippen molar-refractivity contribution in [2.45, 2.75) is 33.6 Å². The highest BCUT2D eigenvalue weighted by Gasteiger charge is 2.21. The quantitative estimate of drug-likeness (QED) is 0.669. The van der Waals surface area contributed by atoms with E-state index in [1.54, 1.807) is 24.8 Å². The number of anilines is 1. The van der Waals surface area contributed by atoms with Crippen LogP contribution >= 0.6 is 0 Å². The molecule has 0 atom stereocenters. The third kappa shape index (κ3) is 3.51. The molecular weight excluding hydrogens is 270 g/mol. The summed E-state index contributed by atoms with van der Waals surface area (Å²) in [4.78, 5) is 24.5. The number of urea groups is 1. The largest absolute Gasteiger partial charge is 0.325 e. The molecule has 1 aliphatic heterocycles. The Balaban J connectivity index is 2.11. The van der Waals surface area contributed by atoms with Crippen molar-refractivity contribution >= 4 is 17.4 Å². The molecule has 0 aromatic heterocycles. The fourth-order valence-electron chi connectivity index (χ4n) is 2.54. The number of carbonyl (C=O) groups excluding carboxylic acids is 1. The van der Waals surface area contributed by atoms with Crippen molar-refractivity contribution in [3.63, 3.8) is 0 Å². The summed E-state index contributed by atoms with van der Waals surface area (Å²) >= 11 is 0. The molecule has 0 aliphatic carbocycles. The fraction of sp³-hybridized carbons (Fsp3) is 0.533. The van der Waals surface area contributed by atoms with Crippen molar-refractivity contribution in [3.8, 4) is 0 Å². The SMILES string of the molecule is Cc1cc([N+](=O)[O-])c(C)cc1NC(=O)N1CCC(C)CC1. The van der Waals surface area contributed by atoms with Crippen LogP contribution in [0.3, 0.4) is 0 Å². The van der Waals surface area contributed by atoms with Gasteiger partial charge < -0.3 is 10.2 Å². The maximum atomic E-state index is 12.2. The predicted octanol–water partition coefficient (Wildman–Crippen LogP) is 3.48. The van der Waals surface area contributed by atoms with Gasteiger partial charge in [-0.2, -0.15) is 0 Å². The Kier molecular flexibility index (Phi) is 4.45. The van der Waals surface area contributed by atoms with Crippen molar-refractivity contribution in [1.82, 2.24) is 4.90 Å². The first-order chi connectivity index (χ1) is 9.88. The summed E-state index contributed by atoms with van der Waals surface area (Å²) in [6.07, 6.45) is 2.04. The average Bonchev–Trinajstić information content (AvgIpc) is 2.42. The van der Waals surface area contributed by atoms with Crippen LogP contribution in [0.4, 0.5) is 16.2 Å². The van der Waals surface area contributed by atoms with Gasteiger partial charge in [-0.15, -0.1) is 0 Å². The van der Waals surface area contributed by atoms with E-state index in [0.29, 0.717) is 22.7 Å². The lowest BCUT2D eigenvalue weighted by Crippen LogP contribution is -2.40. The second-order valence-electron chi connectivity index (χ2n) is 5.81. The summed E-state index contributed by atoms with van der Waals surface area (Å²) in [5, 5.41) is 13.8. The molecule has 1 saturated heterocycles. The summed E-state index contributed by atoms with van der Waals surface area (Å²) in [5.74, 6) is 0.664. The summed E-state index contributed by atoms with van der Waals surface area (Å²) in [6.45, 7) is 7.16. The first-order valence-electron chi connectivity index (χ1n) is 7.20. The van der Waals surface area contributed by atoms with Gasteiger partial charge in [-0.25, -0.2) is 4.79 Å². The third-order valence-electron chi connectivity index (χ3n) is 4.05. The minimum atomic E-state index is -0.403. The average molecular weight is 291 g/mol. The lowest BCUT2D eigenvalue weighted by molar-refractivity contribution is -0.385. The number of nitrogens with zero attached hydrogens (tertiary/aromatic N) is 2. The molecule has 0 bridgehead atoms. The van der Waals surface area contributed by atoms with Gasteiger partial charge >= 0.3 is 6.03 Å². The number of nitrogens with one attached hydrogen (secondary N) is 1. The second kappa shape index (κ2) is 6.11. The summed E-state index contributed by atoms with van der Waals surface area (Å²) < 4.78 is 0. The highest BCUT2D eigenvalue weighted by molar-refractivity contribution is 5.90. The topological polar surface area (TPSA) is 75.5 Å². The molecule has 0 radical (unpaired) electrons. The molecule has 21 heavy (non-hydrogen) atoms. The smallest absolute Gasteiger partial charge is 0.321 e. The van der Waals surface area contributed by atoms with Gasteiger partial charge in [0.15, 0.2) is 0 Å². The van der Waals surface area contributed by atoms with E-state index in [1.807, 2.05) is 0 Å². The zero-order valence-electron chi connectivity index (χ0n) is 12.7. The van der Waals surface area contributed by atoms with Crippen LogP contribution in [0.25, 0.3) is 0 Å². The van der Waals surface area contributed by atoms with Crippen molar-refractivity contribution in [2.24, 2.45) is 5.92 Å². The highest BCUT2D eigenvalue weighted by Crippen LogP contribution is 2.26. The molecule has 1 heterocycles. The van der Waals surface area contributed by atoms with Crippen LogP contribution in [-0.2, 0) is 0 Å². The molecule has 6 nitrogen and oxygen atoms in total. The summed E-state index contributed by atoms with van der Waals surface area (Å²) in [6, 6.07) is 3.04.